The van der Waals surface area contributed by atoms with Gasteiger partial charge in [0.05, 0.1) is 12.1 Å². The van der Waals surface area contributed by atoms with Crippen LogP contribution in [0.5, 0.6) is 5.75 Å². The van der Waals surface area contributed by atoms with Gasteiger partial charge in [0, 0.05) is 16.7 Å². The fourth-order valence-electron chi connectivity index (χ4n) is 1.45. The molecule has 2 rings (SSSR count). The Morgan fingerprint density at radius 1 is 1.19 bits per heavy atom. The first-order valence-electron chi connectivity index (χ1n) is 4.72. The van der Waals surface area contributed by atoms with E-state index in [1.165, 1.54) is 0 Å². The molecule has 2 aromatic carbocycles. The third kappa shape index (κ3) is 2.31. The van der Waals surface area contributed by atoms with Gasteiger partial charge in [-0.3, -0.25) is 0 Å². The van der Waals surface area contributed by atoms with E-state index in [1.807, 2.05) is 30.3 Å². The molecule has 0 aliphatic heterocycles. The molecule has 0 aliphatic rings. The largest absolute Gasteiger partial charge is 0.497 e. The van der Waals surface area contributed by atoms with Crippen molar-refractivity contribution in [3.8, 4) is 16.9 Å². The molecular formula is C13H9Cl2O. The summed E-state index contributed by atoms with van der Waals surface area (Å²) in [6, 6.07) is 14.0. The van der Waals surface area contributed by atoms with E-state index in [-0.39, 0.29) is 0 Å². The standard InChI is InChI=1S/C13H9Cl2O/c1-16-11-4-2-3-9(7-11)12-8-10(14)5-6-13(12)15/h2-5,7-8H,1H3. The van der Waals surface area contributed by atoms with Gasteiger partial charge in [-0.05, 0) is 29.8 Å². The molecule has 0 saturated carbocycles. The lowest BCUT2D eigenvalue weighted by molar-refractivity contribution is 0.415. The molecule has 3 heteroatoms. The Labute approximate surface area is 105 Å². The molecule has 0 aliphatic carbocycles. The molecule has 81 valence electrons. The number of methoxy groups -OCH3 is 1. The summed E-state index contributed by atoms with van der Waals surface area (Å²) in [6.07, 6.45) is 0. The van der Waals surface area contributed by atoms with E-state index >= 15 is 0 Å². The lowest BCUT2D eigenvalue weighted by Gasteiger charge is -2.06. The van der Waals surface area contributed by atoms with Crippen molar-refractivity contribution in [3.05, 3.63) is 52.5 Å². The first-order chi connectivity index (χ1) is 7.70. The first-order valence-corrected chi connectivity index (χ1v) is 5.47. The van der Waals surface area contributed by atoms with Crippen molar-refractivity contribution >= 4 is 23.2 Å². The van der Waals surface area contributed by atoms with Crippen LogP contribution in [0.1, 0.15) is 0 Å². The van der Waals surface area contributed by atoms with Crippen LogP contribution in [0.2, 0.25) is 10.0 Å². The molecule has 2 aromatic rings. The Morgan fingerprint density at radius 3 is 2.75 bits per heavy atom. The van der Waals surface area contributed by atoms with Crippen molar-refractivity contribution in [3.63, 3.8) is 0 Å². The van der Waals surface area contributed by atoms with Gasteiger partial charge in [-0.25, -0.2) is 0 Å². The fraction of sp³-hybridized carbons (Fsp3) is 0.0769. The molecule has 1 nitrogen and oxygen atoms in total. The van der Waals surface area contributed by atoms with Gasteiger partial charge >= 0.3 is 0 Å². The maximum atomic E-state index is 6.07. The minimum Gasteiger partial charge on any atom is -0.497 e. The molecule has 0 aromatic heterocycles. The summed E-state index contributed by atoms with van der Waals surface area (Å²) in [5.74, 6) is 0.786. The monoisotopic (exact) mass is 251 g/mol. The maximum absolute atomic E-state index is 6.07. The van der Waals surface area contributed by atoms with Gasteiger partial charge in [-0.15, -0.1) is 0 Å². The summed E-state index contributed by atoms with van der Waals surface area (Å²) in [5, 5.41) is 1.17. The molecule has 0 N–H and O–H groups in total. The van der Waals surface area contributed by atoms with Gasteiger partial charge in [0.25, 0.3) is 0 Å². The summed E-state index contributed by atoms with van der Waals surface area (Å²) in [7, 11) is 1.63. The Balaban J connectivity index is 2.53. The van der Waals surface area contributed by atoms with Crippen molar-refractivity contribution in [1.82, 2.24) is 0 Å². The topological polar surface area (TPSA) is 9.23 Å². The van der Waals surface area contributed by atoms with Crippen LogP contribution >= 0.6 is 23.2 Å². The van der Waals surface area contributed by atoms with E-state index < -0.39 is 0 Å². The van der Waals surface area contributed by atoms with Crippen molar-refractivity contribution in [2.75, 3.05) is 7.11 Å². The number of halogens is 2. The van der Waals surface area contributed by atoms with E-state index in [0.717, 1.165) is 16.9 Å². The average molecular weight is 252 g/mol. The van der Waals surface area contributed by atoms with E-state index in [2.05, 4.69) is 6.07 Å². The van der Waals surface area contributed by atoms with Crippen LogP contribution in [0.25, 0.3) is 11.1 Å². The Kier molecular flexibility index (Phi) is 3.37. The molecule has 16 heavy (non-hydrogen) atoms. The van der Waals surface area contributed by atoms with Crippen LogP contribution in [-0.4, -0.2) is 7.11 Å². The first kappa shape index (κ1) is 11.3. The second-order valence-corrected chi connectivity index (χ2v) is 4.09. The zero-order chi connectivity index (χ0) is 11.5. The van der Waals surface area contributed by atoms with Gasteiger partial charge < -0.3 is 4.74 Å². The maximum Gasteiger partial charge on any atom is 0.119 e. The Hall–Kier alpha value is -1.18. The van der Waals surface area contributed by atoms with Crippen LogP contribution in [0.15, 0.2) is 36.4 Å². The zero-order valence-electron chi connectivity index (χ0n) is 8.63. The van der Waals surface area contributed by atoms with Crippen molar-refractivity contribution in [2.24, 2.45) is 0 Å². The molecule has 0 fully saturated rings. The summed E-state index contributed by atoms with van der Waals surface area (Å²) in [4.78, 5) is 0. The minimum atomic E-state index is 0.553. The number of hydrogen-bond donors (Lipinski definition) is 0. The van der Waals surface area contributed by atoms with Crippen molar-refractivity contribution in [1.29, 1.82) is 0 Å². The van der Waals surface area contributed by atoms with Gasteiger partial charge in [0.2, 0.25) is 0 Å². The summed E-state index contributed by atoms with van der Waals surface area (Å²) < 4.78 is 5.16. The van der Waals surface area contributed by atoms with E-state index in [0.29, 0.717) is 10.0 Å². The van der Waals surface area contributed by atoms with E-state index in [1.54, 1.807) is 13.2 Å². The van der Waals surface area contributed by atoms with Crippen molar-refractivity contribution < 1.29 is 4.74 Å². The van der Waals surface area contributed by atoms with Crippen LogP contribution in [0.3, 0.4) is 0 Å². The number of benzene rings is 2. The average Bonchev–Trinajstić information content (AvgIpc) is 2.32. The molecule has 0 amide bonds. The Morgan fingerprint density at radius 2 is 2.00 bits per heavy atom. The molecule has 0 spiro atoms. The quantitative estimate of drug-likeness (QED) is 0.766. The van der Waals surface area contributed by atoms with Gasteiger partial charge in [0.1, 0.15) is 5.75 Å². The fourth-order valence-corrected chi connectivity index (χ4v) is 1.84. The van der Waals surface area contributed by atoms with Gasteiger partial charge in [0.15, 0.2) is 0 Å². The lowest BCUT2D eigenvalue weighted by Crippen LogP contribution is -1.84. The zero-order valence-corrected chi connectivity index (χ0v) is 10.1. The van der Waals surface area contributed by atoms with E-state index in [4.69, 9.17) is 27.9 Å². The second-order valence-electron chi connectivity index (χ2n) is 3.28. The normalized spacial score (nSPS) is 10.2. The predicted molar refractivity (Wildman–Crippen MR) is 67.3 cm³/mol. The third-order valence-electron chi connectivity index (χ3n) is 2.24. The molecule has 0 unspecified atom stereocenters. The molecule has 1 radical (unpaired) electrons. The second kappa shape index (κ2) is 4.77. The molecular weight excluding hydrogens is 243 g/mol. The predicted octanol–water partition coefficient (Wildman–Crippen LogP) is 4.47. The highest BCUT2D eigenvalue weighted by atomic mass is 35.5. The van der Waals surface area contributed by atoms with E-state index in [9.17, 15) is 0 Å². The third-order valence-corrected chi connectivity index (χ3v) is 2.77. The summed E-state index contributed by atoms with van der Waals surface area (Å²) >= 11 is 12.0. The SMILES string of the molecule is COc1cccc(-c2cc(Cl)c[c]c2Cl)c1. The highest BCUT2D eigenvalue weighted by Gasteiger charge is 2.05. The van der Waals surface area contributed by atoms with Gasteiger partial charge in [-0.2, -0.15) is 0 Å². The minimum absolute atomic E-state index is 0.553. The molecule has 0 heterocycles. The lowest BCUT2D eigenvalue weighted by atomic mass is 10.1. The summed E-state index contributed by atoms with van der Waals surface area (Å²) in [5.41, 5.74) is 1.82. The number of ether oxygens (including phenoxy) is 1. The van der Waals surface area contributed by atoms with Crippen LogP contribution in [0.4, 0.5) is 0 Å². The van der Waals surface area contributed by atoms with Crippen LogP contribution in [-0.2, 0) is 0 Å². The smallest absolute Gasteiger partial charge is 0.119 e. The molecule has 0 saturated heterocycles. The molecule has 0 atom stereocenters. The highest BCUT2D eigenvalue weighted by molar-refractivity contribution is 6.35. The van der Waals surface area contributed by atoms with Gasteiger partial charge in [-0.1, -0.05) is 35.3 Å². The molecule has 0 bridgehead atoms. The number of rotatable bonds is 2. The van der Waals surface area contributed by atoms with Crippen LogP contribution < -0.4 is 4.74 Å². The van der Waals surface area contributed by atoms with Crippen LogP contribution in [0, 0.1) is 6.07 Å². The highest BCUT2D eigenvalue weighted by Crippen LogP contribution is 2.31. The summed E-state index contributed by atoms with van der Waals surface area (Å²) in [6.45, 7) is 0. The number of hydrogen-bond acceptors (Lipinski definition) is 1. The Bertz CT molecular complexity index is 509. The van der Waals surface area contributed by atoms with Crippen molar-refractivity contribution in [2.45, 2.75) is 0 Å².